The zero-order valence-corrected chi connectivity index (χ0v) is 12.5. The SMILES string of the molecule is O=C(Nc1ccccc1)C1CC1C(=O)Nc1ccc(Cl)cc1. The molecular formula is C17H15ClN2O2. The molecule has 1 aliphatic rings. The molecule has 3 rings (SSSR count). The second-order valence-electron chi connectivity index (χ2n) is 5.30. The van der Waals surface area contributed by atoms with Crippen molar-refractivity contribution in [3.63, 3.8) is 0 Å². The summed E-state index contributed by atoms with van der Waals surface area (Å²) >= 11 is 5.80. The number of anilines is 2. The first-order chi connectivity index (χ1) is 10.6. The van der Waals surface area contributed by atoms with Crippen molar-refractivity contribution in [3.05, 3.63) is 59.6 Å². The summed E-state index contributed by atoms with van der Waals surface area (Å²) < 4.78 is 0. The number of rotatable bonds is 4. The molecule has 0 aliphatic heterocycles. The summed E-state index contributed by atoms with van der Waals surface area (Å²) in [4.78, 5) is 24.2. The Morgan fingerprint density at radius 3 is 1.86 bits per heavy atom. The first kappa shape index (κ1) is 14.6. The highest BCUT2D eigenvalue weighted by atomic mass is 35.5. The van der Waals surface area contributed by atoms with E-state index in [1.54, 1.807) is 24.3 Å². The van der Waals surface area contributed by atoms with Gasteiger partial charge in [0.15, 0.2) is 0 Å². The summed E-state index contributed by atoms with van der Waals surface area (Å²) in [6, 6.07) is 16.1. The predicted octanol–water partition coefficient (Wildman–Crippen LogP) is 3.55. The molecule has 22 heavy (non-hydrogen) atoms. The number of carbonyl (C=O) groups excluding carboxylic acids is 2. The van der Waals surface area contributed by atoms with E-state index in [0.29, 0.717) is 17.1 Å². The number of amides is 2. The van der Waals surface area contributed by atoms with E-state index in [1.807, 2.05) is 30.3 Å². The normalized spacial score (nSPS) is 19.3. The lowest BCUT2D eigenvalue weighted by Crippen LogP contribution is -2.20. The predicted molar refractivity (Wildman–Crippen MR) is 86.8 cm³/mol. The van der Waals surface area contributed by atoms with Crippen molar-refractivity contribution >= 4 is 34.8 Å². The van der Waals surface area contributed by atoms with Gasteiger partial charge in [0.25, 0.3) is 0 Å². The van der Waals surface area contributed by atoms with Gasteiger partial charge in [-0.2, -0.15) is 0 Å². The highest BCUT2D eigenvalue weighted by Gasteiger charge is 2.48. The summed E-state index contributed by atoms with van der Waals surface area (Å²) in [5, 5.41) is 6.24. The topological polar surface area (TPSA) is 58.2 Å². The van der Waals surface area contributed by atoms with Gasteiger partial charge >= 0.3 is 0 Å². The van der Waals surface area contributed by atoms with Gasteiger partial charge in [0.2, 0.25) is 11.8 Å². The molecule has 1 aliphatic carbocycles. The minimum absolute atomic E-state index is 0.109. The van der Waals surface area contributed by atoms with Crippen LogP contribution in [0.15, 0.2) is 54.6 Å². The maximum Gasteiger partial charge on any atom is 0.228 e. The third-order valence-electron chi connectivity index (χ3n) is 3.62. The molecule has 1 fully saturated rings. The smallest absolute Gasteiger partial charge is 0.228 e. The molecule has 2 N–H and O–H groups in total. The largest absolute Gasteiger partial charge is 0.326 e. The second-order valence-corrected chi connectivity index (χ2v) is 5.74. The van der Waals surface area contributed by atoms with Gasteiger partial charge in [-0.15, -0.1) is 0 Å². The van der Waals surface area contributed by atoms with Crippen LogP contribution in [0.3, 0.4) is 0 Å². The molecule has 0 radical (unpaired) electrons. The van der Waals surface area contributed by atoms with Crippen LogP contribution in [0.5, 0.6) is 0 Å². The maximum absolute atomic E-state index is 12.1. The van der Waals surface area contributed by atoms with Crippen molar-refractivity contribution in [2.45, 2.75) is 6.42 Å². The molecule has 0 bridgehead atoms. The van der Waals surface area contributed by atoms with Crippen molar-refractivity contribution in [2.24, 2.45) is 11.8 Å². The molecule has 112 valence electrons. The highest BCUT2D eigenvalue weighted by Crippen LogP contribution is 2.40. The van der Waals surface area contributed by atoms with Crippen LogP contribution in [0.1, 0.15) is 6.42 Å². The van der Waals surface area contributed by atoms with Gasteiger partial charge in [0.05, 0.1) is 11.8 Å². The van der Waals surface area contributed by atoms with Crippen LogP contribution in [0.4, 0.5) is 11.4 Å². The van der Waals surface area contributed by atoms with Crippen LogP contribution in [0, 0.1) is 11.8 Å². The van der Waals surface area contributed by atoms with Crippen LogP contribution in [-0.2, 0) is 9.59 Å². The third-order valence-corrected chi connectivity index (χ3v) is 3.87. The fraction of sp³-hybridized carbons (Fsp3) is 0.176. The number of benzene rings is 2. The third kappa shape index (κ3) is 3.46. The lowest BCUT2D eigenvalue weighted by molar-refractivity contribution is -0.122. The summed E-state index contributed by atoms with van der Waals surface area (Å²) in [7, 11) is 0. The average Bonchev–Trinajstić information content (AvgIpc) is 3.31. The second kappa shape index (κ2) is 6.20. The Morgan fingerprint density at radius 2 is 1.32 bits per heavy atom. The number of para-hydroxylation sites is 1. The van der Waals surface area contributed by atoms with Crippen LogP contribution in [0.25, 0.3) is 0 Å². The lowest BCUT2D eigenvalue weighted by atomic mass is 10.2. The molecule has 2 atom stereocenters. The zero-order chi connectivity index (χ0) is 15.5. The number of hydrogen-bond donors (Lipinski definition) is 2. The molecule has 2 amide bonds. The molecule has 0 saturated heterocycles. The van der Waals surface area contributed by atoms with E-state index in [9.17, 15) is 9.59 Å². The number of hydrogen-bond acceptors (Lipinski definition) is 2. The van der Waals surface area contributed by atoms with Gasteiger partial charge in [-0.05, 0) is 42.8 Å². The highest BCUT2D eigenvalue weighted by molar-refractivity contribution is 6.30. The molecule has 4 nitrogen and oxygen atoms in total. The van der Waals surface area contributed by atoms with E-state index in [4.69, 9.17) is 11.6 Å². The van der Waals surface area contributed by atoms with Crippen molar-refractivity contribution < 1.29 is 9.59 Å². The van der Waals surface area contributed by atoms with Crippen LogP contribution < -0.4 is 10.6 Å². The summed E-state index contributed by atoms with van der Waals surface area (Å²) in [6.07, 6.45) is 0.581. The fourth-order valence-corrected chi connectivity index (χ4v) is 2.43. The standard InChI is InChI=1S/C17H15ClN2O2/c18-11-6-8-13(9-7-11)20-17(22)15-10-14(15)16(21)19-12-4-2-1-3-5-12/h1-9,14-15H,10H2,(H,19,21)(H,20,22). The number of nitrogens with one attached hydrogen (secondary N) is 2. The molecule has 0 aromatic heterocycles. The minimum atomic E-state index is -0.264. The summed E-state index contributed by atoms with van der Waals surface area (Å²) in [5.41, 5.74) is 1.43. The Labute approximate surface area is 133 Å². The zero-order valence-electron chi connectivity index (χ0n) is 11.8. The van der Waals surface area contributed by atoms with E-state index >= 15 is 0 Å². The van der Waals surface area contributed by atoms with Gasteiger partial charge in [-0.1, -0.05) is 29.8 Å². The molecule has 5 heteroatoms. The molecule has 2 aromatic carbocycles. The fourth-order valence-electron chi connectivity index (χ4n) is 2.30. The minimum Gasteiger partial charge on any atom is -0.326 e. The van der Waals surface area contributed by atoms with E-state index in [-0.39, 0.29) is 23.7 Å². The molecule has 1 saturated carbocycles. The van der Waals surface area contributed by atoms with E-state index < -0.39 is 0 Å². The number of carbonyl (C=O) groups is 2. The molecule has 2 unspecified atom stereocenters. The molecule has 0 heterocycles. The van der Waals surface area contributed by atoms with E-state index in [0.717, 1.165) is 5.69 Å². The first-order valence-corrected chi connectivity index (χ1v) is 7.43. The number of halogens is 1. The van der Waals surface area contributed by atoms with Gasteiger partial charge in [-0.25, -0.2) is 0 Å². The van der Waals surface area contributed by atoms with Crippen LogP contribution in [-0.4, -0.2) is 11.8 Å². The Balaban J connectivity index is 1.54. The van der Waals surface area contributed by atoms with Crippen LogP contribution >= 0.6 is 11.6 Å². The van der Waals surface area contributed by atoms with Crippen molar-refractivity contribution in [1.82, 2.24) is 0 Å². The summed E-state index contributed by atoms with van der Waals surface area (Å²) in [5.74, 6) is -0.759. The van der Waals surface area contributed by atoms with Crippen molar-refractivity contribution in [3.8, 4) is 0 Å². The Morgan fingerprint density at radius 1 is 0.818 bits per heavy atom. The maximum atomic E-state index is 12.1. The van der Waals surface area contributed by atoms with Gasteiger partial charge in [-0.3, -0.25) is 9.59 Å². The Hall–Kier alpha value is -2.33. The van der Waals surface area contributed by atoms with E-state index in [2.05, 4.69) is 10.6 Å². The quantitative estimate of drug-likeness (QED) is 0.906. The van der Waals surface area contributed by atoms with Crippen molar-refractivity contribution in [1.29, 1.82) is 0 Å². The van der Waals surface area contributed by atoms with Gasteiger partial charge in [0.1, 0.15) is 0 Å². The lowest BCUT2D eigenvalue weighted by Gasteiger charge is -2.06. The Kier molecular flexibility index (Phi) is 4.11. The molecule has 0 spiro atoms. The van der Waals surface area contributed by atoms with Gasteiger partial charge in [0, 0.05) is 16.4 Å². The first-order valence-electron chi connectivity index (χ1n) is 7.06. The monoisotopic (exact) mass is 314 g/mol. The molecule has 2 aromatic rings. The van der Waals surface area contributed by atoms with E-state index in [1.165, 1.54) is 0 Å². The van der Waals surface area contributed by atoms with Crippen molar-refractivity contribution in [2.75, 3.05) is 10.6 Å². The Bertz CT molecular complexity index is 686. The average molecular weight is 315 g/mol. The summed E-state index contributed by atoms with van der Waals surface area (Å²) in [6.45, 7) is 0. The van der Waals surface area contributed by atoms with Crippen LogP contribution in [0.2, 0.25) is 5.02 Å². The molecular weight excluding hydrogens is 300 g/mol. The van der Waals surface area contributed by atoms with Gasteiger partial charge < -0.3 is 10.6 Å².